The first-order valence-electron chi connectivity index (χ1n) is 12.0. The van der Waals surface area contributed by atoms with Crippen molar-refractivity contribution in [2.45, 2.75) is 11.8 Å². The number of rotatable bonds is 6. The molecule has 186 valence electrons. The lowest BCUT2D eigenvalue weighted by atomic mass is 10.1. The minimum Gasteiger partial charge on any atom is -0.337 e. The van der Waals surface area contributed by atoms with Crippen LogP contribution < -0.4 is 10.6 Å². The van der Waals surface area contributed by atoms with Crippen LogP contribution in [0.15, 0.2) is 77.7 Å². The highest BCUT2D eigenvalue weighted by molar-refractivity contribution is 7.89. The van der Waals surface area contributed by atoms with E-state index in [2.05, 4.69) is 20.5 Å². The number of carbonyl (C=O) groups excluding carboxylic acids is 1. The van der Waals surface area contributed by atoms with Crippen LogP contribution in [0.3, 0.4) is 0 Å². The van der Waals surface area contributed by atoms with Gasteiger partial charge < -0.3 is 10.6 Å². The van der Waals surface area contributed by atoms with E-state index in [1.165, 1.54) is 0 Å². The maximum absolute atomic E-state index is 13.2. The van der Waals surface area contributed by atoms with Gasteiger partial charge in [0.15, 0.2) is 0 Å². The molecule has 2 amide bonds. The van der Waals surface area contributed by atoms with Gasteiger partial charge >= 0.3 is 6.03 Å². The third kappa shape index (κ3) is 5.18. The predicted molar refractivity (Wildman–Crippen MR) is 143 cm³/mol. The molecule has 0 spiro atoms. The Bertz CT molecular complexity index is 1510. The van der Waals surface area contributed by atoms with Crippen LogP contribution in [0, 0.1) is 6.92 Å². The highest BCUT2D eigenvalue weighted by atomic mass is 32.2. The molecule has 3 aromatic carbocycles. The Morgan fingerprint density at radius 2 is 1.64 bits per heavy atom. The summed E-state index contributed by atoms with van der Waals surface area (Å²) in [6.45, 7) is 5.08. The molecule has 36 heavy (non-hydrogen) atoms. The smallest absolute Gasteiger partial charge is 0.319 e. The molecule has 0 atom stereocenters. The van der Waals surface area contributed by atoms with Crippen molar-refractivity contribution in [3.63, 3.8) is 0 Å². The van der Waals surface area contributed by atoms with Gasteiger partial charge in [0.05, 0.1) is 16.1 Å². The zero-order valence-corrected chi connectivity index (χ0v) is 21.0. The van der Waals surface area contributed by atoms with Gasteiger partial charge in [-0.1, -0.05) is 48.5 Å². The molecule has 8 nitrogen and oxygen atoms in total. The monoisotopic (exact) mass is 503 g/mol. The number of aryl methyl sites for hydroxylation is 1. The number of hydrogen-bond acceptors (Lipinski definition) is 5. The first-order valence-corrected chi connectivity index (χ1v) is 13.5. The van der Waals surface area contributed by atoms with Crippen molar-refractivity contribution < 1.29 is 13.2 Å². The maximum atomic E-state index is 13.2. The van der Waals surface area contributed by atoms with E-state index in [0.29, 0.717) is 44.2 Å². The molecule has 0 radical (unpaired) electrons. The molecule has 2 heterocycles. The maximum Gasteiger partial charge on any atom is 0.319 e. The van der Waals surface area contributed by atoms with Gasteiger partial charge in [-0.3, -0.25) is 9.88 Å². The second-order valence-corrected chi connectivity index (χ2v) is 10.9. The van der Waals surface area contributed by atoms with Crippen molar-refractivity contribution in [2.75, 3.05) is 44.6 Å². The van der Waals surface area contributed by atoms with Gasteiger partial charge in [0.2, 0.25) is 10.0 Å². The fourth-order valence-electron chi connectivity index (χ4n) is 4.58. The summed E-state index contributed by atoms with van der Waals surface area (Å²) in [4.78, 5) is 19.5. The molecule has 1 saturated heterocycles. The Labute approximate surface area is 211 Å². The van der Waals surface area contributed by atoms with Gasteiger partial charge in [-0.2, -0.15) is 4.31 Å². The van der Waals surface area contributed by atoms with Crippen molar-refractivity contribution >= 4 is 43.4 Å². The van der Waals surface area contributed by atoms with Crippen LogP contribution in [0.2, 0.25) is 0 Å². The minimum atomic E-state index is -3.55. The number of urea groups is 1. The van der Waals surface area contributed by atoms with Crippen LogP contribution in [0.1, 0.15) is 5.69 Å². The van der Waals surface area contributed by atoms with Gasteiger partial charge in [0.25, 0.3) is 0 Å². The number of pyridine rings is 1. The quantitative estimate of drug-likeness (QED) is 0.417. The molecule has 0 bridgehead atoms. The van der Waals surface area contributed by atoms with Gasteiger partial charge in [-0.05, 0) is 42.0 Å². The van der Waals surface area contributed by atoms with E-state index in [4.69, 9.17) is 0 Å². The van der Waals surface area contributed by atoms with Crippen molar-refractivity contribution in [3.05, 3.63) is 78.5 Å². The summed E-state index contributed by atoms with van der Waals surface area (Å²) in [5, 5.41) is 8.65. The molecule has 4 aromatic rings. The van der Waals surface area contributed by atoms with Crippen molar-refractivity contribution in [3.8, 4) is 0 Å². The molecule has 1 fully saturated rings. The third-order valence-corrected chi connectivity index (χ3v) is 8.39. The summed E-state index contributed by atoms with van der Waals surface area (Å²) in [5.41, 5.74) is 2.40. The standard InChI is InChI=1S/C27H29N5O3S/c1-20-18-26(24-8-4-5-9-25(24)29-20)30-27(33)28-12-13-31-14-16-32(17-15-31)36(34,35)23-11-10-21-6-2-3-7-22(21)19-23/h2-11,18-19H,12-17H2,1H3,(H2,28,29,30,33). The summed E-state index contributed by atoms with van der Waals surface area (Å²) in [6, 6.07) is 22.3. The number of piperazine rings is 1. The molecule has 0 unspecified atom stereocenters. The molecule has 1 aromatic heterocycles. The molecular formula is C27H29N5O3S. The molecule has 1 aliphatic heterocycles. The number of carbonyl (C=O) groups is 1. The number of amides is 2. The predicted octanol–water partition coefficient (Wildman–Crippen LogP) is 3.82. The van der Waals surface area contributed by atoms with Crippen LogP contribution in [0.5, 0.6) is 0 Å². The van der Waals surface area contributed by atoms with Crippen LogP contribution in [-0.2, 0) is 10.0 Å². The SMILES string of the molecule is Cc1cc(NC(=O)NCCN2CCN(S(=O)(=O)c3ccc4ccccc4c3)CC2)c2ccccc2n1. The Morgan fingerprint density at radius 1 is 0.917 bits per heavy atom. The van der Waals surface area contributed by atoms with Crippen LogP contribution in [0.25, 0.3) is 21.7 Å². The number of nitrogens with zero attached hydrogens (tertiary/aromatic N) is 3. The number of aromatic nitrogens is 1. The Balaban J connectivity index is 1.12. The summed E-state index contributed by atoms with van der Waals surface area (Å²) in [5.74, 6) is 0. The largest absolute Gasteiger partial charge is 0.337 e. The van der Waals surface area contributed by atoms with E-state index >= 15 is 0 Å². The summed E-state index contributed by atoms with van der Waals surface area (Å²) < 4.78 is 27.9. The Kier molecular flexibility index (Phi) is 6.86. The first-order chi connectivity index (χ1) is 17.4. The number of nitrogens with one attached hydrogen (secondary N) is 2. The second-order valence-electron chi connectivity index (χ2n) is 8.96. The van der Waals surface area contributed by atoms with Crippen molar-refractivity contribution in [1.29, 1.82) is 0 Å². The number of anilines is 1. The molecule has 2 N–H and O–H groups in total. The van der Waals surface area contributed by atoms with E-state index < -0.39 is 10.0 Å². The molecular weight excluding hydrogens is 474 g/mol. The summed E-state index contributed by atoms with van der Waals surface area (Å²) in [6.07, 6.45) is 0. The number of hydrogen-bond donors (Lipinski definition) is 2. The Morgan fingerprint density at radius 3 is 2.44 bits per heavy atom. The summed E-state index contributed by atoms with van der Waals surface area (Å²) in [7, 11) is -3.55. The van der Waals surface area contributed by atoms with E-state index in [1.807, 2.05) is 67.6 Å². The third-order valence-electron chi connectivity index (χ3n) is 6.50. The van der Waals surface area contributed by atoms with Gasteiger partial charge in [-0.25, -0.2) is 13.2 Å². The second kappa shape index (κ2) is 10.2. The molecule has 0 aliphatic carbocycles. The summed E-state index contributed by atoms with van der Waals surface area (Å²) >= 11 is 0. The van der Waals surface area contributed by atoms with E-state index in [1.54, 1.807) is 16.4 Å². The fourth-order valence-corrected chi connectivity index (χ4v) is 6.03. The van der Waals surface area contributed by atoms with Crippen LogP contribution in [0.4, 0.5) is 10.5 Å². The zero-order chi connectivity index (χ0) is 25.1. The molecule has 0 saturated carbocycles. The number of fused-ring (bicyclic) bond motifs is 2. The number of benzene rings is 3. The first kappa shape index (κ1) is 24.2. The molecule has 1 aliphatic rings. The topological polar surface area (TPSA) is 94.6 Å². The average molecular weight is 504 g/mol. The number of para-hydroxylation sites is 1. The van der Waals surface area contributed by atoms with E-state index in [-0.39, 0.29) is 6.03 Å². The normalized spacial score (nSPS) is 15.2. The fraction of sp³-hybridized carbons (Fsp3) is 0.259. The van der Waals surface area contributed by atoms with E-state index in [0.717, 1.165) is 33.1 Å². The zero-order valence-electron chi connectivity index (χ0n) is 20.1. The van der Waals surface area contributed by atoms with Crippen molar-refractivity contribution in [1.82, 2.24) is 19.5 Å². The van der Waals surface area contributed by atoms with Gasteiger partial charge in [-0.15, -0.1) is 0 Å². The van der Waals surface area contributed by atoms with Crippen LogP contribution in [-0.4, -0.2) is 67.9 Å². The number of sulfonamides is 1. The highest BCUT2D eigenvalue weighted by Crippen LogP contribution is 2.24. The molecule has 5 rings (SSSR count). The lowest BCUT2D eigenvalue weighted by molar-refractivity contribution is 0.189. The van der Waals surface area contributed by atoms with Crippen LogP contribution >= 0.6 is 0 Å². The lowest BCUT2D eigenvalue weighted by Gasteiger charge is -2.34. The van der Waals surface area contributed by atoms with Crippen molar-refractivity contribution in [2.24, 2.45) is 0 Å². The average Bonchev–Trinajstić information content (AvgIpc) is 2.88. The minimum absolute atomic E-state index is 0.275. The lowest BCUT2D eigenvalue weighted by Crippen LogP contribution is -2.50. The highest BCUT2D eigenvalue weighted by Gasteiger charge is 2.28. The Hall–Kier alpha value is -3.53. The van der Waals surface area contributed by atoms with Gasteiger partial charge in [0.1, 0.15) is 0 Å². The molecule has 9 heteroatoms. The van der Waals surface area contributed by atoms with Gasteiger partial charge in [0, 0.05) is 50.3 Å². The van der Waals surface area contributed by atoms with E-state index in [9.17, 15) is 13.2 Å².